The first kappa shape index (κ1) is 19.3. The first-order valence-electron chi connectivity index (χ1n) is 7.68. The van der Waals surface area contributed by atoms with Crippen molar-refractivity contribution in [1.82, 2.24) is 24.1 Å². The van der Waals surface area contributed by atoms with Gasteiger partial charge in [0.05, 0.1) is 20.4 Å². The van der Waals surface area contributed by atoms with Gasteiger partial charge in [-0.05, 0) is 19.1 Å². The lowest BCUT2D eigenvalue weighted by molar-refractivity contribution is 0.256. The molecule has 0 aliphatic rings. The van der Waals surface area contributed by atoms with E-state index in [2.05, 4.69) is 20.3 Å². The van der Waals surface area contributed by atoms with Crippen LogP contribution >= 0.6 is 0 Å². The highest BCUT2D eigenvalue weighted by molar-refractivity contribution is 7.90. The molecule has 0 aliphatic carbocycles. The number of carbonyl (C=O) groups is 1. The molecule has 0 unspecified atom stereocenters. The summed E-state index contributed by atoms with van der Waals surface area (Å²) in [6.07, 6.45) is 1.23. The second-order valence-corrected chi connectivity index (χ2v) is 7.04. The fraction of sp³-hybridized carbons (Fsp3) is 0.200. The van der Waals surface area contributed by atoms with Crippen LogP contribution in [0.25, 0.3) is 5.65 Å². The summed E-state index contributed by atoms with van der Waals surface area (Å²) in [6, 6.07) is 3.18. The summed E-state index contributed by atoms with van der Waals surface area (Å²) in [4.78, 5) is 23.4. The van der Waals surface area contributed by atoms with E-state index in [-0.39, 0.29) is 23.2 Å². The van der Waals surface area contributed by atoms with Gasteiger partial charge in [-0.2, -0.15) is 22.8 Å². The number of nitrogens with one attached hydrogen (secondary N) is 2. The van der Waals surface area contributed by atoms with E-state index in [1.54, 1.807) is 11.6 Å². The lowest BCUT2D eigenvalue weighted by atomic mass is 10.4. The number of methoxy groups -OCH3 is 2. The highest BCUT2D eigenvalue weighted by Gasteiger charge is 2.28. The monoisotopic (exact) mass is 410 g/mol. The lowest BCUT2D eigenvalue weighted by Gasteiger charge is -2.09. The van der Waals surface area contributed by atoms with Gasteiger partial charge in [-0.15, -0.1) is 0 Å². The van der Waals surface area contributed by atoms with E-state index < -0.39 is 27.0 Å². The fourth-order valence-electron chi connectivity index (χ4n) is 2.33. The summed E-state index contributed by atoms with van der Waals surface area (Å²) < 4.78 is 51.9. The molecule has 13 heteroatoms. The van der Waals surface area contributed by atoms with Gasteiger partial charge in [-0.3, -0.25) is 9.72 Å². The highest BCUT2D eigenvalue weighted by atomic mass is 32.2. The Morgan fingerprint density at radius 2 is 1.93 bits per heavy atom. The van der Waals surface area contributed by atoms with Crippen LogP contribution in [0.5, 0.6) is 11.6 Å². The molecule has 0 radical (unpaired) electrons. The number of nitrogens with zero attached hydrogens (tertiary/aromatic N) is 4. The zero-order valence-corrected chi connectivity index (χ0v) is 15.7. The molecule has 0 aliphatic heterocycles. The maximum absolute atomic E-state index is 14.2. The third-order valence-electron chi connectivity index (χ3n) is 3.49. The Morgan fingerprint density at radius 1 is 1.18 bits per heavy atom. The number of aryl methyl sites for hydroxylation is 1. The van der Waals surface area contributed by atoms with Crippen LogP contribution in [0.4, 0.5) is 15.1 Å². The fourth-order valence-corrected chi connectivity index (χ4v) is 3.40. The van der Waals surface area contributed by atoms with Crippen molar-refractivity contribution in [3.05, 3.63) is 36.0 Å². The average Bonchev–Trinajstić information content (AvgIpc) is 2.95. The van der Waals surface area contributed by atoms with E-state index in [9.17, 15) is 17.6 Å². The van der Waals surface area contributed by atoms with Gasteiger partial charge in [-0.25, -0.2) is 14.5 Å². The Labute approximate surface area is 158 Å². The average molecular weight is 410 g/mol. The Kier molecular flexibility index (Phi) is 5.00. The van der Waals surface area contributed by atoms with Gasteiger partial charge in [0.1, 0.15) is 11.4 Å². The van der Waals surface area contributed by atoms with E-state index in [0.29, 0.717) is 5.69 Å². The number of aromatic nitrogens is 4. The minimum absolute atomic E-state index is 0.0193. The summed E-state index contributed by atoms with van der Waals surface area (Å²) in [7, 11) is -1.88. The topological polar surface area (TPSA) is 137 Å². The van der Waals surface area contributed by atoms with E-state index in [1.165, 1.54) is 38.6 Å². The van der Waals surface area contributed by atoms with Crippen LogP contribution in [0, 0.1) is 12.9 Å². The number of halogens is 1. The number of imidazole rings is 1. The van der Waals surface area contributed by atoms with Crippen molar-refractivity contribution in [2.75, 3.05) is 19.5 Å². The largest absolute Gasteiger partial charge is 0.495 e. The Morgan fingerprint density at radius 3 is 2.61 bits per heavy atom. The Balaban J connectivity index is 1.90. The van der Waals surface area contributed by atoms with Gasteiger partial charge in [0, 0.05) is 11.8 Å². The molecule has 0 fully saturated rings. The molecule has 3 heterocycles. The minimum Gasteiger partial charge on any atom is -0.495 e. The zero-order valence-electron chi connectivity index (χ0n) is 14.9. The maximum Gasteiger partial charge on any atom is 0.335 e. The molecular weight excluding hydrogens is 395 g/mol. The third-order valence-corrected chi connectivity index (χ3v) is 4.82. The van der Waals surface area contributed by atoms with Crippen molar-refractivity contribution in [2.45, 2.75) is 11.9 Å². The van der Waals surface area contributed by atoms with Gasteiger partial charge >= 0.3 is 6.03 Å². The summed E-state index contributed by atoms with van der Waals surface area (Å²) in [5, 5.41) is 1.31. The van der Waals surface area contributed by atoms with Crippen molar-refractivity contribution >= 4 is 27.6 Å². The molecule has 28 heavy (non-hydrogen) atoms. The van der Waals surface area contributed by atoms with E-state index in [4.69, 9.17) is 9.47 Å². The van der Waals surface area contributed by atoms with Crippen LogP contribution in [-0.2, 0) is 10.0 Å². The van der Waals surface area contributed by atoms with E-state index >= 15 is 0 Å². The standard InChI is InChI=1S/C15H15FN6O5S/c1-8-6-11(27-3)19-14(17-8)20-15(23)21-28(24,25)13-12(16)18-10-5-4-9(26-2)7-22(10)13/h4-7H,1-3H3,(H2,17,19,20,21,23). The maximum atomic E-state index is 14.2. The van der Waals surface area contributed by atoms with Crippen molar-refractivity contribution in [3.63, 3.8) is 0 Å². The number of pyridine rings is 1. The van der Waals surface area contributed by atoms with Gasteiger partial charge in [0.25, 0.3) is 16.0 Å². The predicted octanol–water partition coefficient (Wildman–Crippen LogP) is 1.10. The highest BCUT2D eigenvalue weighted by Crippen LogP contribution is 2.20. The number of fused-ring (bicyclic) bond motifs is 1. The lowest BCUT2D eigenvalue weighted by Crippen LogP contribution is -2.36. The summed E-state index contributed by atoms with van der Waals surface area (Å²) in [5.74, 6) is -1.02. The smallest absolute Gasteiger partial charge is 0.335 e. The van der Waals surface area contributed by atoms with Gasteiger partial charge in [0.15, 0.2) is 0 Å². The Hall–Kier alpha value is -3.48. The molecule has 0 atom stereocenters. The first-order valence-corrected chi connectivity index (χ1v) is 9.17. The SMILES string of the molecule is COc1ccc2nc(F)c(S(=O)(=O)NC(=O)Nc3nc(C)cc(OC)n3)n2c1. The van der Waals surface area contributed by atoms with E-state index in [1.807, 2.05) is 0 Å². The van der Waals surface area contributed by atoms with E-state index in [0.717, 1.165) is 4.40 Å². The van der Waals surface area contributed by atoms with Crippen LogP contribution in [0.2, 0.25) is 0 Å². The molecule has 0 saturated heterocycles. The van der Waals surface area contributed by atoms with Crippen molar-refractivity contribution in [1.29, 1.82) is 0 Å². The van der Waals surface area contributed by atoms with Crippen LogP contribution in [0.1, 0.15) is 5.69 Å². The number of ether oxygens (including phenoxy) is 2. The zero-order chi connectivity index (χ0) is 20.5. The molecule has 3 aromatic rings. The number of amides is 2. The van der Waals surface area contributed by atoms with Crippen molar-refractivity contribution in [2.24, 2.45) is 0 Å². The summed E-state index contributed by atoms with van der Waals surface area (Å²) >= 11 is 0. The molecule has 2 N–H and O–H groups in total. The van der Waals surface area contributed by atoms with Crippen LogP contribution in [-0.4, -0.2) is 48.0 Å². The number of rotatable bonds is 5. The minimum atomic E-state index is -4.62. The number of anilines is 1. The molecule has 0 spiro atoms. The number of carbonyl (C=O) groups excluding carboxylic acids is 1. The molecule has 2 amide bonds. The Bertz CT molecular complexity index is 1160. The van der Waals surface area contributed by atoms with Gasteiger partial charge in [-0.1, -0.05) is 0 Å². The van der Waals surface area contributed by atoms with Crippen molar-refractivity contribution < 1.29 is 27.1 Å². The number of hydrogen-bond donors (Lipinski definition) is 2. The number of urea groups is 1. The first-order chi connectivity index (χ1) is 13.2. The third kappa shape index (κ3) is 3.78. The number of hydrogen-bond acceptors (Lipinski definition) is 8. The second kappa shape index (κ2) is 7.26. The number of sulfonamides is 1. The van der Waals surface area contributed by atoms with Crippen molar-refractivity contribution in [3.8, 4) is 11.6 Å². The molecule has 0 bridgehead atoms. The van der Waals surface area contributed by atoms with Gasteiger partial charge in [0.2, 0.25) is 16.9 Å². The molecule has 3 aromatic heterocycles. The molecule has 0 aromatic carbocycles. The summed E-state index contributed by atoms with van der Waals surface area (Å²) in [6.45, 7) is 1.63. The normalized spacial score (nSPS) is 11.3. The molecule has 11 nitrogen and oxygen atoms in total. The second-order valence-electron chi connectivity index (χ2n) is 5.44. The van der Waals surface area contributed by atoms with Crippen LogP contribution in [0.15, 0.2) is 29.4 Å². The van der Waals surface area contributed by atoms with Crippen LogP contribution < -0.4 is 19.5 Å². The summed E-state index contributed by atoms with van der Waals surface area (Å²) in [5.41, 5.74) is 0.496. The van der Waals surface area contributed by atoms with Gasteiger partial charge < -0.3 is 9.47 Å². The quantitative estimate of drug-likeness (QED) is 0.638. The molecular formula is C15H15FN6O5S. The molecule has 148 valence electrons. The predicted molar refractivity (Wildman–Crippen MR) is 94.4 cm³/mol. The molecule has 0 saturated carbocycles. The molecule has 3 rings (SSSR count). The van der Waals surface area contributed by atoms with Crippen LogP contribution in [0.3, 0.4) is 0 Å².